The molecule has 0 aromatic heterocycles. The normalized spacial score (nSPS) is 10.6. The standard InChI is InChI=1S/C17H20N4O4/c18-10-12(16(24)20-9-5-1-2-8-15(22)23)11-21-17(25)13-6-3-4-7-14(13)19/h3-4,6-7,11H,1-2,5,8-9,19H2,(H,20,24)(H,21,25)(H,22,23)/b12-11-. The van der Waals surface area contributed by atoms with Crippen LogP contribution in [0, 0.1) is 11.3 Å². The predicted molar refractivity (Wildman–Crippen MR) is 91.1 cm³/mol. The third-order valence-electron chi connectivity index (χ3n) is 3.27. The number of para-hydroxylation sites is 1. The molecular weight excluding hydrogens is 324 g/mol. The lowest BCUT2D eigenvalue weighted by Crippen LogP contribution is -2.27. The summed E-state index contributed by atoms with van der Waals surface area (Å²) in [4.78, 5) is 34.2. The van der Waals surface area contributed by atoms with Crippen molar-refractivity contribution in [3.05, 3.63) is 41.6 Å². The zero-order chi connectivity index (χ0) is 18.7. The van der Waals surface area contributed by atoms with E-state index >= 15 is 0 Å². The van der Waals surface area contributed by atoms with E-state index in [4.69, 9.17) is 16.1 Å². The van der Waals surface area contributed by atoms with Gasteiger partial charge in [0, 0.05) is 24.9 Å². The van der Waals surface area contributed by atoms with Crippen molar-refractivity contribution in [3.8, 4) is 6.07 Å². The second-order valence-electron chi connectivity index (χ2n) is 5.19. The second-order valence-corrected chi connectivity index (χ2v) is 5.19. The molecule has 2 amide bonds. The van der Waals surface area contributed by atoms with Crippen molar-refractivity contribution in [2.24, 2.45) is 0 Å². The van der Waals surface area contributed by atoms with Crippen LogP contribution in [0.3, 0.4) is 0 Å². The van der Waals surface area contributed by atoms with Crippen LogP contribution in [0.4, 0.5) is 5.69 Å². The molecule has 0 bridgehead atoms. The second kappa shape index (κ2) is 10.4. The first-order valence-electron chi connectivity index (χ1n) is 7.71. The number of unbranched alkanes of at least 4 members (excludes halogenated alkanes) is 2. The van der Waals surface area contributed by atoms with Crippen molar-refractivity contribution >= 4 is 23.5 Å². The topological polar surface area (TPSA) is 145 Å². The van der Waals surface area contributed by atoms with Gasteiger partial charge in [0.2, 0.25) is 0 Å². The Morgan fingerprint density at radius 1 is 1.20 bits per heavy atom. The van der Waals surface area contributed by atoms with Crippen LogP contribution < -0.4 is 16.4 Å². The maximum absolute atomic E-state index is 12.0. The summed E-state index contributed by atoms with van der Waals surface area (Å²) in [5, 5.41) is 22.4. The Balaban J connectivity index is 2.46. The SMILES string of the molecule is N#C/C(=C/NC(=O)c1ccccc1N)C(=O)NCCCCCC(=O)O. The smallest absolute Gasteiger partial charge is 0.303 e. The van der Waals surface area contributed by atoms with Crippen LogP contribution in [-0.2, 0) is 9.59 Å². The van der Waals surface area contributed by atoms with Gasteiger partial charge in [0.1, 0.15) is 11.6 Å². The Morgan fingerprint density at radius 2 is 1.92 bits per heavy atom. The molecule has 132 valence electrons. The van der Waals surface area contributed by atoms with E-state index in [1.165, 1.54) is 6.07 Å². The number of aliphatic carboxylic acids is 1. The Labute approximate surface area is 145 Å². The number of nitriles is 1. The molecule has 0 saturated carbocycles. The van der Waals surface area contributed by atoms with E-state index in [-0.39, 0.29) is 23.2 Å². The minimum atomic E-state index is -0.853. The average Bonchev–Trinajstić information content (AvgIpc) is 2.58. The number of amides is 2. The molecule has 0 saturated heterocycles. The van der Waals surface area contributed by atoms with Gasteiger partial charge in [-0.15, -0.1) is 0 Å². The van der Waals surface area contributed by atoms with E-state index in [0.717, 1.165) is 6.20 Å². The van der Waals surface area contributed by atoms with Gasteiger partial charge >= 0.3 is 5.97 Å². The van der Waals surface area contributed by atoms with Crippen molar-refractivity contribution in [2.75, 3.05) is 12.3 Å². The minimum Gasteiger partial charge on any atom is -0.481 e. The van der Waals surface area contributed by atoms with Crippen LogP contribution in [0.25, 0.3) is 0 Å². The molecule has 1 aromatic rings. The molecular formula is C17H20N4O4. The van der Waals surface area contributed by atoms with Gasteiger partial charge in [-0.1, -0.05) is 18.6 Å². The van der Waals surface area contributed by atoms with Crippen molar-refractivity contribution < 1.29 is 19.5 Å². The zero-order valence-electron chi connectivity index (χ0n) is 13.6. The number of carboxylic acids is 1. The summed E-state index contributed by atoms with van der Waals surface area (Å²) in [6, 6.07) is 8.15. The molecule has 25 heavy (non-hydrogen) atoms. The Bertz CT molecular complexity index is 707. The van der Waals surface area contributed by atoms with Crippen molar-refractivity contribution in [3.63, 3.8) is 0 Å². The quantitative estimate of drug-likeness (QED) is 0.229. The summed E-state index contributed by atoms with van der Waals surface area (Å²) in [5.74, 6) is -1.98. The summed E-state index contributed by atoms with van der Waals surface area (Å²) in [7, 11) is 0. The third-order valence-corrected chi connectivity index (χ3v) is 3.27. The number of carbonyl (C=O) groups excluding carboxylic acids is 2. The minimum absolute atomic E-state index is 0.0892. The number of benzene rings is 1. The molecule has 1 rings (SSSR count). The fourth-order valence-electron chi connectivity index (χ4n) is 1.94. The number of rotatable bonds is 9. The number of nitrogens with one attached hydrogen (secondary N) is 2. The number of nitrogens with two attached hydrogens (primary N) is 1. The maximum Gasteiger partial charge on any atom is 0.303 e. The van der Waals surface area contributed by atoms with Gasteiger partial charge in [-0.25, -0.2) is 0 Å². The fraction of sp³-hybridized carbons (Fsp3) is 0.294. The van der Waals surface area contributed by atoms with E-state index < -0.39 is 17.8 Å². The van der Waals surface area contributed by atoms with E-state index in [1.54, 1.807) is 24.3 Å². The monoisotopic (exact) mass is 344 g/mol. The highest BCUT2D eigenvalue weighted by Gasteiger charge is 2.11. The summed E-state index contributed by atoms with van der Waals surface area (Å²) in [6.07, 6.45) is 2.91. The third kappa shape index (κ3) is 7.18. The lowest BCUT2D eigenvalue weighted by molar-refractivity contribution is -0.137. The number of carboxylic acid groups (broad SMARTS) is 1. The molecule has 1 aromatic carbocycles. The number of carbonyl (C=O) groups is 3. The molecule has 0 aliphatic rings. The van der Waals surface area contributed by atoms with Crippen LogP contribution in [0.15, 0.2) is 36.0 Å². The molecule has 0 fully saturated rings. The molecule has 0 unspecified atom stereocenters. The van der Waals surface area contributed by atoms with Gasteiger partial charge < -0.3 is 21.5 Å². The molecule has 0 spiro atoms. The Morgan fingerprint density at radius 3 is 2.56 bits per heavy atom. The Hall–Kier alpha value is -3.34. The van der Waals surface area contributed by atoms with Crippen molar-refractivity contribution in [2.45, 2.75) is 25.7 Å². The summed E-state index contributed by atoms with van der Waals surface area (Å²) in [6.45, 7) is 0.317. The lowest BCUT2D eigenvalue weighted by atomic mass is 10.1. The first-order valence-corrected chi connectivity index (χ1v) is 7.71. The van der Waals surface area contributed by atoms with Crippen LogP contribution in [-0.4, -0.2) is 29.4 Å². The highest BCUT2D eigenvalue weighted by atomic mass is 16.4. The fourth-order valence-corrected chi connectivity index (χ4v) is 1.94. The average molecular weight is 344 g/mol. The van der Waals surface area contributed by atoms with Crippen LogP contribution >= 0.6 is 0 Å². The molecule has 8 heteroatoms. The lowest BCUT2D eigenvalue weighted by Gasteiger charge is -2.06. The zero-order valence-corrected chi connectivity index (χ0v) is 13.6. The first-order chi connectivity index (χ1) is 12.0. The predicted octanol–water partition coefficient (Wildman–Crippen LogP) is 1.17. The molecule has 0 aliphatic carbocycles. The number of hydrogen-bond donors (Lipinski definition) is 4. The van der Waals surface area contributed by atoms with Crippen LogP contribution in [0.1, 0.15) is 36.0 Å². The van der Waals surface area contributed by atoms with Crippen LogP contribution in [0.5, 0.6) is 0 Å². The van der Waals surface area contributed by atoms with Crippen molar-refractivity contribution in [1.29, 1.82) is 5.26 Å². The maximum atomic E-state index is 12.0. The van der Waals surface area contributed by atoms with Crippen LogP contribution in [0.2, 0.25) is 0 Å². The molecule has 0 aliphatic heterocycles. The van der Waals surface area contributed by atoms with E-state index in [2.05, 4.69) is 10.6 Å². The molecule has 5 N–H and O–H groups in total. The van der Waals surface area contributed by atoms with Gasteiger partial charge in [-0.3, -0.25) is 14.4 Å². The number of anilines is 1. The Kier molecular flexibility index (Phi) is 8.23. The highest BCUT2D eigenvalue weighted by Crippen LogP contribution is 2.10. The van der Waals surface area contributed by atoms with E-state index in [9.17, 15) is 14.4 Å². The van der Waals surface area contributed by atoms with Gasteiger partial charge in [0.05, 0.1) is 5.56 Å². The van der Waals surface area contributed by atoms with Gasteiger partial charge in [-0.2, -0.15) is 5.26 Å². The van der Waals surface area contributed by atoms with Gasteiger partial charge in [-0.05, 0) is 25.0 Å². The number of nitrogens with zero attached hydrogens (tertiary/aromatic N) is 1. The summed E-state index contributed by atoms with van der Waals surface area (Å²) in [5.41, 5.74) is 5.97. The first kappa shape index (κ1) is 19.7. The number of nitrogen functional groups attached to an aromatic ring is 1. The van der Waals surface area contributed by atoms with Crippen molar-refractivity contribution in [1.82, 2.24) is 10.6 Å². The van der Waals surface area contributed by atoms with Gasteiger partial charge in [0.25, 0.3) is 11.8 Å². The molecule has 0 radical (unpaired) electrons. The van der Waals surface area contributed by atoms with Gasteiger partial charge in [0.15, 0.2) is 0 Å². The summed E-state index contributed by atoms with van der Waals surface area (Å²) >= 11 is 0. The van der Waals surface area contributed by atoms with E-state index in [1.807, 2.05) is 0 Å². The largest absolute Gasteiger partial charge is 0.481 e. The molecule has 0 heterocycles. The molecule has 0 atom stereocenters. The summed E-state index contributed by atoms with van der Waals surface area (Å²) < 4.78 is 0. The number of hydrogen-bond acceptors (Lipinski definition) is 5. The highest BCUT2D eigenvalue weighted by molar-refractivity contribution is 6.01. The molecule has 8 nitrogen and oxygen atoms in total. The van der Waals surface area contributed by atoms with E-state index in [0.29, 0.717) is 25.8 Å².